The van der Waals surface area contributed by atoms with Crippen molar-refractivity contribution in [2.45, 2.75) is 19.8 Å². The van der Waals surface area contributed by atoms with E-state index in [0.29, 0.717) is 0 Å². The van der Waals surface area contributed by atoms with Gasteiger partial charge in [0.15, 0.2) is 0 Å². The van der Waals surface area contributed by atoms with Crippen molar-refractivity contribution in [3.8, 4) is 11.3 Å². The maximum Gasteiger partial charge on any atom is 0.0901 e. The number of aryl methyl sites for hydroxylation is 1. The van der Waals surface area contributed by atoms with Crippen LogP contribution in [0.1, 0.15) is 17.8 Å². The molecule has 0 aliphatic carbocycles. The Kier molecular flexibility index (Phi) is 5.73. The number of nitrogens with one attached hydrogen (secondary N) is 1. The van der Waals surface area contributed by atoms with Crippen LogP contribution in [0.3, 0.4) is 0 Å². The summed E-state index contributed by atoms with van der Waals surface area (Å²) in [5.74, 6) is 1.25. The summed E-state index contributed by atoms with van der Waals surface area (Å²) in [6.45, 7) is 3.09. The first-order valence-corrected chi connectivity index (χ1v) is 8.82. The Morgan fingerprint density at radius 3 is 2.63 bits per heavy atom. The second-order valence-electron chi connectivity index (χ2n) is 4.46. The normalized spacial score (nSPS) is 10.6. The van der Waals surface area contributed by atoms with Gasteiger partial charge in [-0.15, -0.1) is 11.3 Å². The number of unbranched alkanes of at least 4 members (excludes halogenated alkanes) is 1. The molecule has 0 saturated carbocycles. The lowest BCUT2D eigenvalue weighted by Gasteiger charge is -2.06. The fourth-order valence-corrected chi connectivity index (χ4v) is 2.97. The maximum absolute atomic E-state index is 4.50. The van der Waals surface area contributed by atoms with Gasteiger partial charge in [0, 0.05) is 23.2 Å². The summed E-state index contributed by atoms with van der Waals surface area (Å²) < 4.78 is 0. The van der Waals surface area contributed by atoms with E-state index in [1.807, 2.05) is 18.7 Å². The standard InChI is InChI=1S/C15H20N2S2/c1-12-17-15(11-19-12)13-5-7-14(8-6-13)16-9-3-4-10-18-2/h5-8,11,16H,3-4,9-10H2,1-2H3. The van der Waals surface area contributed by atoms with E-state index >= 15 is 0 Å². The average molecular weight is 292 g/mol. The predicted octanol–water partition coefficient (Wildman–Crippen LogP) is 4.67. The zero-order chi connectivity index (χ0) is 13.5. The van der Waals surface area contributed by atoms with Gasteiger partial charge in [0.1, 0.15) is 0 Å². The molecule has 0 spiro atoms. The van der Waals surface area contributed by atoms with E-state index in [1.54, 1.807) is 11.3 Å². The average Bonchev–Trinajstić information content (AvgIpc) is 2.86. The third kappa shape index (κ3) is 4.55. The third-order valence-electron chi connectivity index (χ3n) is 2.90. The zero-order valence-corrected chi connectivity index (χ0v) is 13.1. The molecule has 102 valence electrons. The number of thioether (sulfide) groups is 1. The summed E-state index contributed by atoms with van der Waals surface area (Å²) >= 11 is 3.61. The SMILES string of the molecule is CSCCCCNc1ccc(-c2csc(C)n2)cc1. The Hall–Kier alpha value is -1.00. The van der Waals surface area contributed by atoms with E-state index in [0.717, 1.165) is 17.2 Å². The van der Waals surface area contributed by atoms with Crippen molar-refractivity contribution >= 4 is 28.8 Å². The summed E-state index contributed by atoms with van der Waals surface area (Å²) in [6.07, 6.45) is 4.67. The molecule has 0 aliphatic heterocycles. The van der Waals surface area contributed by atoms with Gasteiger partial charge in [-0.05, 0) is 43.9 Å². The molecule has 1 heterocycles. The molecular weight excluding hydrogens is 272 g/mol. The van der Waals surface area contributed by atoms with Gasteiger partial charge in [0.05, 0.1) is 10.7 Å². The number of nitrogens with zero attached hydrogens (tertiary/aromatic N) is 1. The summed E-state index contributed by atoms with van der Waals surface area (Å²) in [5.41, 5.74) is 3.46. The molecule has 0 fully saturated rings. The number of aromatic nitrogens is 1. The largest absolute Gasteiger partial charge is 0.385 e. The molecule has 2 rings (SSSR count). The van der Waals surface area contributed by atoms with Crippen molar-refractivity contribution in [3.63, 3.8) is 0 Å². The summed E-state index contributed by atoms with van der Waals surface area (Å²) in [7, 11) is 0. The van der Waals surface area contributed by atoms with Crippen LogP contribution in [0.15, 0.2) is 29.6 Å². The van der Waals surface area contributed by atoms with Gasteiger partial charge < -0.3 is 5.32 Å². The van der Waals surface area contributed by atoms with Gasteiger partial charge in [-0.1, -0.05) is 12.1 Å². The highest BCUT2D eigenvalue weighted by molar-refractivity contribution is 7.98. The topological polar surface area (TPSA) is 24.9 Å². The number of thiazole rings is 1. The molecular formula is C15H20N2S2. The van der Waals surface area contributed by atoms with Crippen LogP contribution in [0.5, 0.6) is 0 Å². The van der Waals surface area contributed by atoms with E-state index in [1.165, 1.54) is 29.8 Å². The van der Waals surface area contributed by atoms with Crippen LogP contribution in [-0.2, 0) is 0 Å². The lowest BCUT2D eigenvalue weighted by Crippen LogP contribution is -2.01. The van der Waals surface area contributed by atoms with Gasteiger partial charge >= 0.3 is 0 Å². The number of benzene rings is 1. The second kappa shape index (κ2) is 7.56. The Labute approximate surface area is 123 Å². The minimum Gasteiger partial charge on any atom is -0.385 e. The van der Waals surface area contributed by atoms with Crippen molar-refractivity contribution in [2.24, 2.45) is 0 Å². The number of anilines is 1. The molecule has 1 aromatic carbocycles. The van der Waals surface area contributed by atoms with Crippen LogP contribution in [0.25, 0.3) is 11.3 Å². The van der Waals surface area contributed by atoms with Crippen LogP contribution < -0.4 is 5.32 Å². The molecule has 0 bridgehead atoms. The van der Waals surface area contributed by atoms with E-state index < -0.39 is 0 Å². The van der Waals surface area contributed by atoms with Crippen molar-refractivity contribution in [3.05, 3.63) is 34.7 Å². The Morgan fingerprint density at radius 1 is 1.21 bits per heavy atom. The zero-order valence-electron chi connectivity index (χ0n) is 11.5. The Balaban J connectivity index is 1.85. The smallest absolute Gasteiger partial charge is 0.0901 e. The first kappa shape index (κ1) is 14.4. The maximum atomic E-state index is 4.50. The molecule has 4 heteroatoms. The summed E-state index contributed by atoms with van der Waals surface area (Å²) in [5, 5.41) is 6.69. The van der Waals surface area contributed by atoms with Crippen LogP contribution in [-0.4, -0.2) is 23.5 Å². The molecule has 0 atom stereocenters. The highest BCUT2D eigenvalue weighted by Crippen LogP contribution is 2.23. The van der Waals surface area contributed by atoms with Crippen molar-refractivity contribution in [1.82, 2.24) is 4.98 Å². The summed E-state index contributed by atoms with van der Waals surface area (Å²) in [6, 6.07) is 8.55. The molecule has 0 radical (unpaired) electrons. The highest BCUT2D eigenvalue weighted by Gasteiger charge is 2.01. The van der Waals surface area contributed by atoms with E-state index in [4.69, 9.17) is 0 Å². The fraction of sp³-hybridized carbons (Fsp3) is 0.400. The highest BCUT2D eigenvalue weighted by atomic mass is 32.2. The van der Waals surface area contributed by atoms with Gasteiger partial charge in [0.2, 0.25) is 0 Å². The number of hydrogen-bond acceptors (Lipinski definition) is 4. The van der Waals surface area contributed by atoms with Crippen molar-refractivity contribution in [1.29, 1.82) is 0 Å². The molecule has 0 amide bonds. The van der Waals surface area contributed by atoms with Crippen LogP contribution >= 0.6 is 23.1 Å². The molecule has 2 nitrogen and oxygen atoms in total. The quantitative estimate of drug-likeness (QED) is 0.750. The van der Waals surface area contributed by atoms with Crippen molar-refractivity contribution in [2.75, 3.05) is 23.9 Å². The van der Waals surface area contributed by atoms with Crippen LogP contribution in [0, 0.1) is 6.92 Å². The fourth-order valence-electron chi connectivity index (χ4n) is 1.86. The molecule has 1 aromatic heterocycles. The molecule has 0 saturated heterocycles. The Bertz CT molecular complexity index is 491. The van der Waals surface area contributed by atoms with E-state index in [-0.39, 0.29) is 0 Å². The molecule has 0 aliphatic rings. The minimum absolute atomic E-state index is 1.05. The molecule has 2 aromatic rings. The van der Waals surface area contributed by atoms with Gasteiger partial charge in [-0.2, -0.15) is 11.8 Å². The number of hydrogen-bond donors (Lipinski definition) is 1. The second-order valence-corrected chi connectivity index (χ2v) is 6.50. The minimum atomic E-state index is 1.05. The van der Waals surface area contributed by atoms with Gasteiger partial charge in [0.25, 0.3) is 0 Å². The van der Waals surface area contributed by atoms with Crippen molar-refractivity contribution < 1.29 is 0 Å². The first-order valence-electron chi connectivity index (χ1n) is 6.55. The van der Waals surface area contributed by atoms with E-state index in [9.17, 15) is 0 Å². The monoisotopic (exact) mass is 292 g/mol. The Morgan fingerprint density at radius 2 is 2.00 bits per heavy atom. The van der Waals surface area contributed by atoms with E-state index in [2.05, 4.69) is 46.2 Å². The lowest BCUT2D eigenvalue weighted by atomic mass is 10.1. The molecule has 19 heavy (non-hydrogen) atoms. The lowest BCUT2D eigenvalue weighted by molar-refractivity contribution is 0.843. The number of rotatable bonds is 7. The first-order chi connectivity index (χ1) is 9.29. The molecule has 0 unspecified atom stereocenters. The van der Waals surface area contributed by atoms with Gasteiger partial charge in [-0.25, -0.2) is 4.98 Å². The third-order valence-corrected chi connectivity index (χ3v) is 4.37. The predicted molar refractivity (Wildman–Crippen MR) is 88.4 cm³/mol. The van der Waals surface area contributed by atoms with Gasteiger partial charge in [-0.3, -0.25) is 0 Å². The molecule has 1 N–H and O–H groups in total. The van der Waals surface area contributed by atoms with Crippen LogP contribution in [0.2, 0.25) is 0 Å². The summed E-state index contributed by atoms with van der Waals surface area (Å²) in [4.78, 5) is 4.50. The van der Waals surface area contributed by atoms with Crippen LogP contribution in [0.4, 0.5) is 5.69 Å².